The molecular weight excluding hydrogens is 390 g/mol. The summed E-state index contributed by atoms with van der Waals surface area (Å²) in [4.78, 5) is 41.4. The molecule has 3 aliphatic rings. The third-order valence-corrected chi connectivity index (χ3v) is 7.58. The highest BCUT2D eigenvalue weighted by Crippen LogP contribution is 2.56. The second-order valence-electron chi connectivity index (χ2n) is 9.26. The quantitative estimate of drug-likeness (QED) is 0.421. The number of likely N-dealkylation sites (tertiary alicyclic amines) is 1. The molecule has 1 heterocycles. The second kappa shape index (κ2) is 7.63. The highest BCUT2D eigenvalue weighted by Gasteiger charge is 2.62. The number of hydrogen-bond acceptors (Lipinski definition) is 4. The van der Waals surface area contributed by atoms with E-state index in [-0.39, 0.29) is 41.9 Å². The molecule has 2 saturated carbocycles. The van der Waals surface area contributed by atoms with Crippen molar-refractivity contribution < 1.29 is 19.1 Å². The average Bonchev–Trinajstić information content (AvgIpc) is 3.45. The number of ether oxygens (including phenoxy) is 1. The number of amides is 2. The van der Waals surface area contributed by atoms with E-state index in [0.29, 0.717) is 5.75 Å². The predicted octanol–water partition coefficient (Wildman–Crippen LogP) is 3.85. The molecule has 31 heavy (non-hydrogen) atoms. The number of nitrogens with zero attached hydrogens (tertiary/aromatic N) is 1. The average molecular weight is 418 g/mol. The Labute approximate surface area is 182 Å². The van der Waals surface area contributed by atoms with Gasteiger partial charge in [0.25, 0.3) is 0 Å². The number of imide groups is 1. The van der Waals surface area contributed by atoms with Crippen molar-refractivity contribution in [1.29, 1.82) is 0 Å². The molecule has 1 aliphatic heterocycles. The summed E-state index contributed by atoms with van der Waals surface area (Å²) in [6, 6.07) is 14.1. The van der Waals surface area contributed by atoms with Crippen LogP contribution >= 0.6 is 0 Å². The van der Waals surface area contributed by atoms with Gasteiger partial charge in [0.05, 0.1) is 11.8 Å². The van der Waals surface area contributed by atoms with Crippen LogP contribution in [0.3, 0.4) is 0 Å². The lowest BCUT2D eigenvalue weighted by Crippen LogP contribution is -2.49. The molecule has 1 saturated heterocycles. The predicted molar refractivity (Wildman–Crippen MR) is 115 cm³/mol. The topological polar surface area (TPSA) is 63.7 Å². The minimum absolute atomic E-state index is 0.180. The van der Waals surface area contributed by atoms with E-state index in [1.807, 2.05) is 56.3 Å². The third-order valence-electron chi connectivity index (χ3n) is 7.58. The van der Waals surface area contributed by atoms with Crippen molar-refractivity contribution in [3.63, 3.8) is 0 Å². The molecule has 5 atom stereocenters. The maximum atomic E-state index is 13.4. The maximum absolute atomic E-state index is 13.4. The zero-order valence-corrected chi connectivity index (χ0v) is 17.9. The molecule has 2 aromatic rings. The Balaban J connectivity index is 1.47. The van der Waals surface area contributed by atoms with E-state index >= 15 is 0 Å². The van der Waals surface area contributed by atoms with Crippen molar-refractivity contribution in [3.8, 4) is 5.75 Å². The lowest BCUT2D eigenvalue weighted by atomic mass is 9.81. The molecule has 0 spiro atoms. The van der Waals surface area contributed by atoms with Crippen molar-refractivity contribution in [2.45, 2.75) is 45.6 Å². The van der Waals surface area contributed by atoms with Gasteiger partial charge in [-0.1, -0.05) is 42.5 Å². The van der Waals surface area contributed by atoms with Gasteiger partial charge in [0.15, 0.2) is 0 Å². The van der Waals surface area contributed by atoms with E-state index in [9.17, 15) is 14.4 Å². The van der Waals surface area contributed by atoms with Crippen molar-refractivity contribution in [3.05, 3.63) is 65.2 Å². The molecule has 5 rings (SSSR count). The standard InChI is InChI=1S/C26H27NO4/c1-15-7-6-10-21(16(15)2)31-26(30)20(13-17-8-4-3-5-9-17)27-24(28)22-18-11-12-19(14-18)23(22)25(27)29/h3-10,18-20,22-23H,11-14H2,1-2H3/t18-,19-,20+,22-,23+/m0/s1. The second-order valence-corrected chi connectivity index (χ2v) is 9.26. The Hall–Kier alpha value is -2.95. The number of carbonyl (C=O) groups excluding carboxylic acids is 3. The van der Waals surface area contributed by atoms with E-state index in [0.717, 1.165) is 36.0 Å². The summed E-state index contributed by atoms with van der Waals surface area (Å²) in [5, 5.41) is 0. The summed E-state index contributed by atoms with van der Waals surface area (Å²) in [6.07, 6.45) is 3.25. The number of hydrogen-bond donors (Lipinski definition) is 0. The molecule has 5 nitrogen and oxygen atoms in total. The molecule has 2 amide bonds. The van der Waals surface area contributed by atoms with Gasteiger partial charge in [-0.3, -0.25) is 14.5 Å². The van der Waals surface area contributed by atoms with Crippen LogP contribution in [-0.2, 0) is 20.8 Å². The van der Waals surface area contributed by atoms with Crippen LogP contribution in [0.25, 0.3) is 0 Å². The first-order valence-corrected chi connectivity index (χ1v) is 11.1. The molecular formula is C26H27NO4. The summed E-state index contributed by atoms with van der Waals surface area (Å²) >= 11 is 0. The van der Waals surface area contributed by atoms with E-state index in [2.05, 4.69) is 0 Å². The van der Waals surface area contributed by atoms with Crippen molar-refractivity contribution >= 4 is 17.8 Å². The molecule has 0 radical (unpaired) electrons. The first-order valence-electron chi connectivity index (χ1n) is 11.1. The normalized spacial score (nSPS) is 27.5. The zero-order chi connectivity index (χ0) is 21.7. The Bertz CT molecular complexity index is 1020. The number of fused-ring (bicyclic) bond motifs is 5. The fourth-order valence-corrected chi connectivity index (χ4v) is 5.87. The fourth-order valence-electron chi connectivity index (χ4n) is 5.87. The first kappa shape index (κ1) is 20.0. The lowest BCUT2D eigenvalue weighted by Gasteiger charge is -2.26. The van der Waals surface area contributed by atoms with Crippen molar-refractivity contribution in [1.82, 2.24) is 4.90 Å². The smallest absolute Gasteiger partial charge is 0.335 e. The van der Waals surface area contributed by atoms with Crippen LogP contribution in [0.2, 0.25) is 0 Å². The molecule has 2 bridgehead atoms. The lowest BCUT2D eigenvalue weighted by molar-refractivity contribution is -0.154. The summed E-state index contributed by atoms with van der Waals surface area (Å²) < 4.78 is 5.78. The first-order chi connectivity index (χ1) is 15.0. The van der Waals surface area contributed by atoms with E-state index in [1.165, 1.54) is 4.90 Å². The number of benzene rings is 2. The highest BCUT2D eigenvalue weighted by molar-refractivity contribution is 6.08. The van der Waals surface area contributed by atoms with Gasteiger partial charge in [0, 0.05) is 6.42 Å². The van der Waals surface area contributed by atoms with Crippen LogP contribution in [-0.4, -0.2) is 28.7 Å². The van der Waals surface area contributed by atoms with E-state index in [4.69, 9.17) is 4.74 Å². The van der Waals surface area contributed by atoms with Gasteiger partial charge in [0.1, 0.15) is 11.8 Å². The molecule has 2 aromatic carbocycles. The van der Waals surface area contributed by atoms with E-state index < -0.39 is 12.0 Å². The fraction of sp³-hybridized carbons (Fsp3) is 0.423. The number of carbonyl (C=O) groups is 3. The molecule has 2 aliphatic carbocycles. The minimum atomic E-state index is -0.952. The Morgan fingerprint density at radius 2 is 1.61 bits per heavy atom. The monoisotopic (exact) mass is 417 g/mol. The molecule has 5 heteroatoms. The Morgan fingerprint density at radius 3 is 2.26 bits per heavy atom. The molecule has 0 N–H and O–H groups in total. The van der Waals surface area contributed by atoms with Crippen molar-refractivity contribution in [2.24, 2.45) is 23.7 Å². The number of esters is 1. The van der Waals surface area contributed by atoms with Gasteiger partial charge in [-0.25, -0.2) is 4.79 Å². The van der Waals surface area contributed by atoms with Gasteiger partial charge in [-0.05, 0) is 67.7 Å². The number of aryl methyl sites for hydroxylation is 1. The highest BCUT2D eigenvalue weighted by atomic mass is 16.5. The minimum Gasteiger partial charge on any atom is -0.425 e. The van der Waals surface area contributed by atoms with Gasteiger partial charge >= 0.3 is 5.97 Å². The Morgan fingerprint density at radius 1 is 0.968 bits per heavy atom. The van der Waals surface area contributed by atoms with Crippen LogP contribution in [0.5, 0.6) is 5.75 Å². The summed E-state index contributed by atoms with van der Waals surface area (Å²) in [5.41, 5.74) is 2.79. The van der Waals surface area contributed by atoms with Crippen LogP contribution in [0.15, 0.2) is 48.5 Å². The molecule has 160 valence electrons. The van der Waals surface area contributed by atoms with Gasteiger partial charge in [-0.15, -0.1) is 0 Å². The van der Waals surface area contributed by atoms with Crippen LogP contribution in [0, 0.1) is 37.5 Å². The van der Waals surface area contributed by atoms with Crippen LogP contribution in [0.1, 0.15) is 36.0 Å². The summed E-state index contributed by atoms with van der Waals surface area (Å²) in [5.74, 6) is -0.375. The SMILES string of the molecule is Cc1cccc(OC(=O)[C@@H](Cc2ccccc2)N2C(=O)[C@@H]3[C@H]4CC[C@@H](C4)[C@@H]3C2=O)c1C. The maximum Gasteiger partial charge on any atom is 0.335 e. The molecule has 0 unspecified atom stereocenters. The van der Waals surface area contributed by atoms with Gasteiger partial charge < -0.3 is 4.74 Å². The summed E-state index contributed by atoms with van der Waals surface area (Å²) in [6.45, 7) is 3.86. The number of rotatable bonds is 5. The summed E-state index contributed by atoms with van der Waals surface area (Å²) in [7, 11) is 0. The zero-order valence-electron chi connectivity index (χ0n) is 17.9. The van der Waals surface area contributed by atoms with E-state index in [1.54, 1.807) is 6.07 Å². The largest absolute Gasteiger partial charge is 0.425 e. The van der Waals surface area contributed by atoms with Crippen LogP contribution < -0.4 is 4.74 Å². The van der Waals surface area contributed by atoms with Crippen molar-refractivity contribution in [2.75, 3.05) is 0 Å². The molecule has 0 aromatic heterocycles. The third kappa shape index (κ3) is 3.27. The Kier molecular flexibility index (Phi) is 4.92. The van der Waals surface area contributed by atoms with Gasteiger partial charge in [0.2, 0.25) is 11.8 Å². The van der Waals surface area contributed by atoms with Crippen LogP contribution in [0.4, 0.5) is 0 Å². The van der Waals surface area contributed by atoms with Gasteiger partial charge in [-0.2, -0.15) is 0 Å². The molecule has 3 fully saturated rings.